The number of halogens is 1. The number of rotatable bonds is 2. The fraction of sp³-hybridized carbons (Fsp3) is 0.417. The van der Waals surface area contributed by atoms with Gasteiger partial charge in [0.15, 0.2) is 0 Å². The molecule has 0 radical (unpaired) electrons. The van der Waals surface area contributed by atoms with E-state index in [0.717, 1.165) is 17.7 Å². The lowest BCUT2D eigenvalue weighted by atomic mass is 9.90. The van der Waals surface area contributed by atoms with Gasteiger partial charge in [0.25, 0.3) is 0 Å². The molecule has 1 aromatic carbocycles. The van der Waals surface area contributed by atoms with E-state index in [2.05, 4.69) is 5.32 Å². The van der Waals surface area contributed by atoms with Gasteiger partial charge in [-0.2, -0.15) is 0 Å². The van der Waals surface area contributed by atoms with Gasteiger partial charge in [0, 0.05) is 18.5 Å². The molecule has 0 bridgehead atoms. The van der Waals surface area contributed by atoms with Crippen LogP contribution >= 0.6 is 11.6 Å². The number of fused-ring (bicyclic) bond motifs is 1. The lowest BCUT2D eigenvalue weighted by Crippen LogP contribution is -2.23. The topological polar surface area (TPSA) is 38.3 Å². The fourth-order valence-electron chi connectivity index (χ4n) is 1.97. The SMILES string of the molecule is CNC(=O)CC1CCOc2ccc(Cl)cc21. The molecule has 0 aromatic heterocycles. The van der Waals surface area contributed by atoms with Crippen molar-refractivity contribution in [2.45, 2.75) is 18.8 Å². The number of nitrogens with one attached hydrogen (secondary N) is 1. The lowest BCUT2D eigenvalue weighted by Gasteiger charge is -2.25. The molecule has 1 heterocycles. The first-order valence-corrected chi connectivity index (χ1v) is 5.71. The molecular weight excluding hydrogens is 226 g/mol. The molecule has 1 aliphatic rings. The number of carbonyl (C=O) groups excluding carboxylic acids is 1. The van der Waals surface area contributed by atoms with Crippen molar-refractivity contribution < 1.29 is 9.53 Å². The van der Waals surface area contributed by atoms with Crippen LogP contribution in [-0.2, 0) is 4.79 Å². The van der Waals surface area contributed by atoms with Gasteiger partial charge in [-0.1, -0.05) is 11.6 Å². The molecular formula is C12H14ClNO2. The standard InChI is InChI=1S/C12H14ClNO2/c1-14-12(15)6-8-4-5-16-11-3-2-9(13)7-10(8)11/h2-3,7-8H,4-6H2,1H3,(H,14,15). The van der Waals surface area contributed by atoms with Crippen LogP contribution in [0.1, 0.15) is 24.3 Å². The van der Waals surface area contributed by atoms with E-state index in [-0.39, 0.29) is 11.8 Å². The predicted octanol–water partition coefficient (Wildman–Crippen LogP) is 2.34. The van der Waals surface area contributed by atoms with Crippen LogP contribution in [0.4, 0.5) is 0 Å². The molecule has 1 unspecified atom stereocenters. The van der Waals surface area contributed by atoms with Crippen LogP contribution in [0.15, 0.2) is 18.2 Å². The third-order valence-electron chi connectivity index (χ3n) is 2.85. The van der Waals surface area contributed by atoms with E-state index in [1.165, 1.54) is 0 Å². The fourth-order valence-corrected chi connectivity index (χ4v) is 2.15. The summed E-state index contributed by atoms with van der Waals surface area (Å²) in [4.78, 5) is 11.4. The van der Waals surface area contributed by atoms with Gasteiger partial charge in [0.2, 0.25) is 5.91 Å². The third kappa shape index (κ3) is 2.30. The number of benzene rings is 1. The molecule has 2 rings (SSSR count). The summed E-state index contributed by atoms with van der Waals surface area (Å²) in [6.45, 7) is 0.663. The normalized spacial score (nSPS) is 18.5. The molecule has 1 amide bonds. The first-order chi connectivity index (χ1) is 7.70. The van der Waals surface area contributed by atoms with Gasteiger partial charge in [-0.3, -0.25) is 4.79 Å². The summed E-state index contributed by atoms with van der Waals surface area (Å²) in [6.07, 6.45) is 1.36. The molecule has 16 heavy (non-hydrogen) atoms. The van der Waals surface area contributed by atoms with E-state index in [1.54, 1.807) is 7.05 Å². The quantitative estimate of drug-likeness (QED) is 0.860. The molecule has 86 valence electrons. The van der Waals surface area contributed by atoms with Gasteiger partial charge < -0.3 is 10.1 Å². The van der Waals surface area contributed by atoms with Crippen molar-refractivity contribution in [3.8, 4) is 5.75 Å². The van der Waals surface area contributed by atoms with Crippen LogP contribution in [-0.4, -0.2) is 19.6 Å². The number of carbonyl (C=O) groups is 1. The van der Waals surface area contributed by atoms with Crippen molar-refractivity contribution in [3.05, 3.63) is 28.8 Å². The van der Waals surface area contributed by atoms with Crippen molar-refractivity contribution >= 4 is 17.5 Å². The van der Waals surface area contributed by atoms with Crippen LogP contribution in [0.2, 0.25) is 5.02 Å². The molecule has 0 saturated heterocycles. The van der Waals surface area contributed by atoms with Gasteiger partial charge in [0.05, 0.1) is 6.61 Å². The largest absolute Gasteiger partial charge is 0.493 e. The van der Waals surface area contributed by atoms with Crippen molar-refractivity contribution in [1.82, 2.24) is 5.32 Å². The summed E-state index contributed by atoms with van der Waals surface area (Å²) in [5.74, 6) is 1.12. The number of hydrogen-bond donors (Lipinski definition) is 1. The van der Waals surface area contributed by atoms with Crippen molar-refractivity contribution in [3.63, 3.8) is 0 Å². The van der Waals surface area contributed by atoms with Gasteiger partial charge >= 0.3 is 0 Å². The maximum Gasteiger partial charge on any atom is 0.220 e. The maximum atomic E-state index is 11.4. The Balaban J connectivity index is 2.24. The van der Waals surface area contributed by atoms with E-state index < -0.39 is 0 Å². The molecule has 0 spiro atoms. The first-order valence-electron chi connectivity index (χ1n) is 5.33. The number of amides is 1. The summed E-state index contributed by atoms with van der Waals surface area (Å²) >= 11 is 5.96. The molecule has 1 N–H and O–H groups in total. The molecule has 4 heteroatoms. The van der Waals surface area contributed by atoms with Gasteiger partial charge in [-0.15, -0.1) is 0 Å². The molecule has 0 fully saturated rings. The molecule has 1 atom stereocenters. The van der Waals surface area contributed by atoms with E-state index in [1.807, 2.05) is 18.2 Å². The molecule has 0 aliphatic carbocycles. The lowest BCUT2D eigenvalue weighted by molar-refractivity contribution is -0.121. The average molecular weight is 240 g/mol. The van der Waals surface area contributed by atoms with E-state index in [0.29, 0.717) is 18.1 Å². The van der Waals surface area contributed by atoms with Crippen molar-refractivity contribution in [2.75, 3.05) is 13.7 Å². The van der Waals surface area contributed by atoms with Gasteiger partial charge in [0.1, 0.15) is 5.75 Å². The van der Waals surface area contributed by atoms with Crippen molar-refractivity contribution in [2.24, 2.45) is 0 Å². The molecule has 3 nitrogen and oxygen atoms in total. The minimum Gasteiger partial charge on any atom is -0.493 e. The van der Waals surface area contributed by atoms with Crippen molar-refractivity contribution in [1.29, 1.82) is 0 Å². The first kappa shape index (κ1) is 11.3. The Morgan fingerprint density at radius 2 is 2.44 bits per heavy atom. The summed E-state index contributed by atoms with van der Waals surface area (Å²) in [5.41, 5.74) is 1.04. The number of hydrogen-bond acceptors (Lipinski definition) is 2. The zero-order chi connectivity index (χ0) is 11.5. The Bertz CT molecular complexity index is 406. The monoisotopic (exact) mass is 239 g/mol. The zero-order valence-corrected chi connectivity index (χ0v) is 9.88. The van der Waals surface area contributed by atoms with E-state index >= 15 is 0 Å². The van der Waals surface area contributed by atoms with E-state index in [4.69, 9.17) is 16.3 Å². The maximum absolute atomic E-state index is 11.4. The molecule has 1 aliphatic heterocycles. The molecule has 1 aromatic rings. The highest BCUT2D eigenvalue weighted by Crippen LogP contribution is 2.37. The molecule has 0 saturated carbocycles. The Hall–Kier alpha value is -1.22. The van der Waals surface area contributed by atoms with Gasteiger partial charge in [-0.05, 0) is 36.1 Å². The van der Waals surface area contributed by atoms with Crippen LogP contribution in [0.3, 0.4) is 0 Å². The second-order valence-corrected chi connectivity index (χ2v) is 4.33. The van der Waals surface area contributed by atoms with Crippen LogP contribution in [0, 0.1) is 0 Å². The summed E-state index contributed by atoms with van der Waals surface area (Å²) in [7, 11) is 1.65. The highest BCUT2D eigenvalue weighted by molar-refractivity contribution is 6.30. The third-order valence-corrected chi connectivity index (χ3v) is 3.08. The zero-order valence-electron chi connectivity index (χ0n) is 9.13. The Labute approximate surface area is 99.7 Å². The number of ether oxygens (including phenoxy) is 1. The second-order valence-electron chi connectivity index (χ2n) is 3.89. The predicted molar refractivity (Wildman–Crippen MR) is 63.0 cm³/mol. The smallest absolute Gasteiger partial charge is 0.220 e. The van der Waals surface area contributed by atoms with Crippen LogP contribution in [0.25, 0.3) is 0 Å². The summed E-state index contributed by atoms with van der Waals surface area (Å²) in [5, 5.41) is 3.33. The van der Waals surface area contributed by atoms with Gasteiger partial charge in [-0.25, -0.2) is 0 Å². The van der Waals surface area contributed by atoms with Crippen LogP contribution < -0.4 is 10.1 Å². The second kappa shape index (κ2) is 4.74. The summed E-state index contributed by atoms with van der Waals surface area (Å²) < 4.78 is 5.53. The minimum absolute atomic E-state index is 0.0535. The summed E-state index contributed by atoms with van der Waals surface area (Å²) in [6, 6.07) is 5.57. The highest BCUT2D eigenvalue weighted by Gasteiger charge is 2.23. The Morgan fingerprint density at radius 1 is 1.62 bits per heavy atom. The Kier molecular flexibility index (Phi) is 3.34. The average Bonchev–Trinajstić information content (AvgIpc) is 2.29. The van der Waals surface area contributed by atoms with Crippen LogP contribution in [0.5, 0.6) is 5.75 Å². The minimum atomic E-state index is 0.0535. The highest BCUT2D eigenvalue weighted by atomic mass is 35.5. The van der Waals surface area contributed by atoms with E-state index in [9.17, 15) is 4.79 Å². The Morgan fingerprint density at radius 3 is 3.19 bits per heavy atom.